The Morgan fingerprint density at radius 3 is 2.68 bits per heavy atom. The van der Waals surface area contributed by atoms with Gasteiger partial charge < -0.3 is 4.57 Å². The Hall–Kier alpha value is -2.56. The second kappa shape index (κ2) is 7.46. The van der Waals surface area contributed by atoms with Crippen molar-refractivity contribution in [1.82, 2.24) is 14.3 Å². The van der Waals surface area contributed by atoms with Gasteiger partial charge in [-0.05, 0) is 45.0 Å². The van der Waals surface area contributed by atoms with Gasteiger partial charge in [-0.3, -0.25) is 9.48 Å². The normalized spacial score (nSPS) is 12.8. The zero-order chi connectivity index (χ0) is 20.6. The van der Waals surface area contributed by atoms with Crippen molar-refractivity contribution in [1.29, 1.82) is 0 Å². The van der Waals surface area contributed by atoms with Crippen LogP contribution in [0.3, 0.4) is 0 Å². The van der Waals surface area contributed by atoms with Crippen LogP contribution in [0.2, 0.25) is 0 Å². The molecule has 3 aromatic rings. The summed E-state index contributed by atoms with van der Waals surface area (Å²) in [7, 11) is -3.82. The fourth-order valence-corrected chi connectivity index (χ4v) is 4.57. The topological polar surface area (TPSA) is 112 Å². The van der Waals surface area contributed by atoms with Crippen LogP contribution in [-0.4, -0.2) is 28.7 Å². The molecule has 0 saturated carbocycles. The smallest absolute Gasteiger partial charge is 0.300 e. The van der Waals surface area contributed by atoms with E-state index in [1.807, 2.05) is 20.8 Å². The van der Waals surface area contributed by atoms with Crippen LogP contribution in [0.15, 0.2) is 46.8 Å². The van der Waals surface area contributed by atoms with Crippen molar-refractivity contribution in [2.45, 2.75) is 38.3 Å². The Labute approximate surface area is 166 Å². The highest BCUT2D eigenvalue weighted by atomic mass is 32.2. The van der Waals surface area contributed by atoms with Crippen LogP contribution >= 0.6 is 11.3 Å². The van der Waals surface area contributed by atoms with Gasteiger partial charge in [-0.1, -0.05) is 17.4 Å². The van der Waals surface area contributed by atoms with Crippen LogP contribution in [0.4, 0.5) is 0 Å². The molecule has 8 nitrogen and oxygen atoms in total. The molecule has 2 N–H and O–H groups in total. The first kappa shape index (κ1) is 20.2. The first-order chi connectivity index (χ1) is 13.1. The highest BCUT2D eigenvalue weighted by Gasteiger charge is 2.16. The van der Waals surface area contributed by atoms with Gasteiger partial charge in [0.05, 0.1) is 15.1 Å². The molecule has 0 fully saturated rings. The van der Waals surface area contributed by atoms with Gasteiger partial charge in [0.25, 0.3) is 5.91 Å². The van der Waals surface area contributed by atoms with Crippen molar-refractivity contribution in [2.75, 3.05) is 0 Å². The van der Waals surface area contributed by atoms with Gasteiger partial charge in [-0.2, -0.15) is 10.1 Å². The van der Waals surface area contributed by atoms with Crippen molar-refractivity contribution < 1.29 is 13.2 Å². The first-order valence-electron chi connectivity index (χ1n) is 8.54. The monoisotopic (exact) mass is 419 g/mol. The van der Waals surface area contributed by atoms with Gasteiger partial charge in [-0.25, -0.2) is 13.6 Å². The van der Waals surface area contributed by atoms with Crippen LogP contribution in [-0.2, 0) is 16.6 Å². The quantitative estimate of drug-likeness (QED) is 0.640. The number of hydrogen-bond donors (Lipinski definition) is 1. The fourth-order valence-electron chi connectivity index (χ4n) is 2.88. The van der Waals surface area contributed by atoms with Gasteiger partial charge in [0.2, 0.25) is 10.0 Å². The molecule has 10 heteroatoms. The molecule has 3 rings (SSSR count). The molecular formula is C18H21N5O3S2. The number of nitrogens with two attached hydrogens (primary N) is 1. The number of aryl methyl sites for hydroxylation is 1. The minimum absolute atomic E-state index is 0.0104. The highest BCUT2D eigenvalue weighted by molar-refractivity contribution is 7.89. The zero-order valence-electron chi connectivity index (χ0n) is 15.8. The first-order valence-corrected chi connectivity index (χ1v) is 10.9. The van der Waals surface area contributed by atoms with Crippen molar-refractivity contribution >= 4 is 37.5 Å². The number of allylic oxidation sites excluding steroid dienone is 1. The summed E-state index contributed by atoms with van der Waals surface area (Å²) in [5, 5.41) is 9.55. The maximum Gasteiger partial charge on any atom is 0.300 e. The summed E-state index contributed by atoms with van der Waals surface area (Å²) in [6.45, 7) is 10.0. The molecule has 0 atom stereocenters. The average Bonchev–Trinajstić information content (AvgIpc) is 3.15. The molecule has 148 valence electrons. The Balaban J connectivity index is 2.15. The number of aromatic nitrogens is 3. The molecule has 2 heterocycles. The average molecular weight is 420 g/mol. The Bertz CT molecular complexity index is 1250. The number of thiazole rings is 1. The lowest BCUT2D eigenvalue weighted by atomic mass is 10.3. The summed E-state index contributed by atoms with van der Waals surface area (Å²) in [6, 6.07) is 6.40. The van der Waals surface area contributed by atoms with Gasteiger partial charge in [0.15, 0.2) is 10.5 Å². The molecule has 0 aliphatic heterocycles. The molecule has 2 aromatic heterocycles. The van der Waals surface area contributed by atoms with Crippen molar-refractivity contribution in [3.05, 3.63) is 53.1 Å². The lowest BCUT2D eigenvalue weighted by Gasteiger charge is -2.06. The van der Waals surface area contributed by atoms with Gasteiger partial charge in [-0.15, -0.1) is 6.58 Å². The van der Waals surface area contributed by atoms with E-state index in [1.165, 1.54) is 23.5 Å². The summed E-state index contributed by atoms with van der Waals surface area (Å²) >= 11 is 1.21. The van der Waals surface area contributed by atoms with Crippen molar-refractivity contribution in [3.63, 3.8) is 0 Å². The summed E-state index contributed by atoms with van der Waals surface area (Å²) in [5.74, 6) is -0.460. The number of carbonyl (C=O) groups excluding carboxylic acids is 1. The summed E-state index contributed by atoms with van der Waals surface area (Å²) in [4.78, 5) is 17.3. The maximum atomic E-state index is 12.7. The number of nitrogens with zero attached hydrogens (tertiary/aromatic N) is 4. The minimum atomic E-state index is -3.82. The van der Waals surface area contributed by atoms with Crippen molar-refractivity contribution in [3.8, 4) is 0 Å². The zero-order valence-corrected chi connectivity index (χ0v) is 17.4. The largest absolute Gasteiger partial charge is 0.312 e. The molecule has 1 amide bonds. The third-order valence-electron chi connectivity index (χ3n) is 4.12. The van der Waals surface area contributed by atoms with E-state index in [1.54, 1.807) is 27.5 Å². The van der Waals surface area contributed by atoms with E-state index >= 15 is 0 Å². The number of primary sulfonamides is 1. The third-order valence-corrected chi connectivity index (χ3v) is 6.07. The third kappa shape index (κ3) is 3.84. The molecule has 0 radical (unpaired) electrons. The van der Waals surface area contributed by atoms with E-state index in [0.717, 1.165) is 11.2 Å². The van der Waals surface area contributed by atoms with E-state index in [-0.39, 0.29) is 16.6 Å². The van der Waals surface area contributed by atoms with E-state index < -0.39 is 15.9 Å². The van der Waals surface area contributed by atoms with Crippen LogP contribution in [0.1, 0.15) is 36.1 Å². The minimum Gasteiger partial charge on any atom is -0.312 e. The second-order valence-electron chi connectivity index (χ2n) is 6.58. The number of benzene rings is 1. The van der Waals surface area contributed by atoms with Gasteiger partial charge >= 0.3 is 0 Å². The van der Waals surface area contributed by atoms with Gasteiger partial charge in [0.1, 0.15) is 0 Å². The van der Waals surface area contributed by atoms with Crippen molar-refractivity contribution in [2.24, 2.45) is 10.1 Å². The second-order valence-corrected chi connectivity index (χ2v) is 9.16. The molecule has 0 saturated heterocycles. The van der Waals surface area contributed by atoms with E-state index in [4.69, 9.17) is 5.14 Å². The standard InChI is InChI=1S/C18H21N5O3S2/c1-5-8-22-15-7-6-13(28(19,25)26)10-16(15)27-18(22)20-17(24)14-9-12(4)23(21-14)11(2)3/h5-7,9-11H,1,8H2,2-4H3,(H2,19,25,26). The number of amides is 1. The molecule has 0 spiro atoms. The SMILES string of the molecule is C=CCn1c(=NC(=O)c2cc(C)n(C(C)C)n2)sc2cc(S(N)(=O)=O)ccc21. The number of hydrogen-bond acceptors (Lipinski definition) is 5. The van der Waals surface area contributed by atoms with Gasteiger partial charge in [0, 0.05) is 18.3 Å². The molecule has 0 aliphatic carbocycles. The molecule has 28 heavy (non-hydrogen) atoms. The predicted octanol–water partition coefficient (Wildman–Crippen LogP) is 2.36. The van der Waals surface area contributed by atoms with Crippen LogP contribution in [0, 0.1) is 6.92 Å². The summed E-state index contributed by atoms with van der Waals surface area (Å²) in [5.41, 5.74) is 1.88. The lowest BCUT2D eigenvalue weighted by Crippen LogP contribution is -2.16. The number of carbonyl (C=O) groups is 1. The predicted molar refractivity (Wildman–Crippen MR) is 109 cm³/mol. The summed E-state index contributed by atoms with van der Waals surface area (Å²) < 4.78 is 27.5. The van der Waals surface area contributed by atoms with E-state index in [2.05, 4.69) is 16.7 Å². The fraction of sp³-hybridized carbons (Fsp3) is 0.278. The highest BCUT2D eigenvalue weighted by Crippen LogP contribution is 2.21. The Morgan fingerprint density at radius 2 is 2.11 bits per heavy atom. The Kier molecular flexibility index (Phi) is 5.37. The molecular weight excluding hydrogens is 398 g/mol. The molecule has 0 bridgehead atoms. The van der Waals surface area contributed by atoms with Crippen LogP contribution in [0.5, 0.6) is 0 Å². The number of rotatable bonds is 5. The maximum absolute atomic E-state index is 12.7. The van der Waals surface area contributed by atoms with E-state index in [9.17, 15) is 13.2 Å². The number of sulfonamides is 1. The molecule has 1 aromatic carbocycles. The number of fused-ring (bicyclic) bond motifs is 1. The summed E-state index contributed by atoms with van der Waals surface area (Å²) in [6.07, 6.45) is 1.68. The lowest BCUT2D eigenvalue weighted by molar-refractivity contribution is 0.0992. The molecule has 0 unspecified atom stereocenters. The van der Waals surface area contributed by atoms with Crippen LogP contribution < -0.4 is 9.94 Å². The Morgan fingerprint density at radius 1 is 1.39 bits per heavy atom. The van der Waals surface area contributed by atoms with E-state index in [0.29, 0.717) is 16.0 Å². The van der Waals surface area contributed by atoms with Crippen LogP contribution in [0.25, 0.3) is 10.2 Å². The molecule has 0 aliphatic rings.